The van der Waals surface area contributed by atoms with Crippen molar-refractivity contribution in [1.29, 1.82) is 0 Å². The van der Waals surface area contributed by atoms with Crippen molar-refractivity contribution in [3.05, 3.63) is 23.5 Å². The summed E-state index contributed by atoms with van der Waals surface area (Å²) in [6.45, 7) is 0.710. The fraction of sp³-hybridized carbons (Fsp3) is 0.417. The van der Waals surface area contributed by atoms with Crippen LogP contribution in [-0.4, -0.2) is 19.3 Å². The van der Waals surface area contributed by atoms with Crippen molar-refractivity contribution in [2.45, 2.75) is 18.4 Å². The Morgan fingerprint density at radius 3 is 2.59 bits per heavy atom. The Kier molecular flexibility index (Phi) is 2.16. The van der Waals surface area contributed by atoms with E-state index in [-0.39, 0.29) is 5.75 Å². The number of ether oxygens (including phenoxy) is 2. The summed E-state index contributed by atoms with van der Waals surface area (Å²) in [6, 6.07) is 2.93. The first-order chi connectivity index (χ1) is 8.27. The van der Waals surface area contributed by atoms with Crippen LogP contribution in [0.4, 0.5) is 4.39 Å². The van der Waals surface area contributed by atoms with Crippen molar-refractivity contribution in [1.82, 2.24) is 0 Å². The van der Waals surface area contributed by atoms with E-state index in [2.05, 4.69) is 4.99 Å². The second-order valence-electron chi connectivity index (χ2n) is 4.18. The van der Waals surface area contributed by atoms with Crippen LogP contribution in [0.3, 0.4) is 0 Å². The summed E-state index contributed by atoms with van der Waals surface area (Å²) in [5.74, 6) is 0.0585. The van der Waals surface area contributed by atoms with Gasteiger partial charge < -0.3 is 9.47 Å². The Hall–Kier alpha value is -1.87. The molecule has 17 heavy (non-hydrogen) atoms. The van der Waals surface area contributed by atoms with Crippen LogP contribution < -0.4 is 9.47 Å². The normalized spacial score (nSPS) is 19.4. The third kappa shape index (κ3) is 1.51. The summed E-state index contributed by atoms with van der Waals surface area (Å²) in [6.07, 6.45) is 3.08. The maximum absolute atomic E-state index is 13.5. The maximum atomic E-state index is 13.5. The molecule has 1 heterocycles. The molecule has 5 heteroatoms. The summed E-state index contributed by atoms with van der Waals surface area (Å²) in [5.41, 5.74) is 0.150. The smallest absolute Gasteiger partial charge is 0.235 e. The molecule has 1 aromatic carbocycles. The monoisotopic (exact) mass is 235 g/mol. The van der Waals surface area contributed by atoms with Gasteiger partial charge in [0, 0.05) is 5.56 Å². The van der Waals surface area contributed by atoms with Crippen LogP contribution in [0.15, 0.2) is 17.1 Å². The van der Waals surface area contributed by atoms with E-state index in [4.69, 9.17) is 9.47 Å². The van der Waals surface area contributed by atoms with Gasteiger partial charge >= 0.3 is 0 Å². The molecule has 1 aliphatic carbocycles. The summed E-state index contributed by atoms with van der Waals surface area (Å²) >= 11 is 0. The number of fused-ring (bicyclic) bond motifs is 1. The quantitative estimate of drug-likeness (QED) is 0.581. The molecule has 4 nitrogen and oxygen atoms in total. The van der Waals surface area contributed by atoms with Gasteiger partial charge in [-0.15, -0.1) is 0 Å². The molecular weight excluding hydrogens is 225 g/mol. The number of hydrogen-bond donors (Lipinski definition) is 0. The van der Waals surface area contributed by atoms with Crippen molar-refractivity contribution in [3.8, 4) is 11.5 Å². The SMILES string of the molecule is O=C=NC1(c2ccc(F)c3c2OCCO3)CC1. The third-order valence-corrected chi connectivity index (χ3v) is 3.12. The second-order valence-corrected chi connectivity index (χ2v) is 4.18. The fourth-order valence-electron chi connectivity index (χ4n) is 2.12. The molecule has 1 aliphatic heterocycles. The van der Waals surface area contributed by atoms with Crippen molar-refractivity contribution in [2.24, 2.45) is 4.99 Å². The molecule has 88 valence electrons. The van der Waals surface area contributed by atoms with Gasteiger partial charge in [0.05, 0.1) is 0 Å². The van der Waals surface area contributed by atoms with Crippen LogP contribution >= 0.6 is 0 Å². The Labute approximate surface area is 97.1 Å². The zero-order chi connectivity index (χ0) is 11.9. The lowest BCUT2D eigenvalue weighted by atomic mass is 10.0. The number of aliphatic imine (C=N–C) groups is 1. The predicted molar refractivity (Wildman–Crippen MR) is 56.4 cm³/mol. The summed E-state index contributed by atoms with van der Waals surface area (Å²) in [5, 5.41) is 0. The molecule has 0 bridgehead atoms. The van der Waals surface area contributed by atoms with Gasteiger partial charge in [0.1, 0.15) is 18.8 Å². The zero-order valence-corrected chi connectivity index (χ0v) is 9.03. The first-order valence-electron chi connectivity index (χ1n) is 5.44. The summed E-state index contributed by atoms with van der Waals surface area (Å²) < 4.78 is 24.2. The van der Waals surface area contributed by atoms with Gasteiger partial charge in [0.2, 0.25) is 6.08 Å². The molecular formula is C12H10FNO3. The van der Waals surface area contributed by atoms with Crippen LogP contribution in [0.5, 0.6) is 11.5 Å². The van der Waals surface area contributed by atoms with Crippen LogP contribution in [0, 0.1) is 5.82 Å². The number of isocyanates is 1. The highest BCUT2D eigenvalue weighted by Gasteiger charge is 2.48. The molecule has 1 fully saturated rings. The number of nitrogens with zero attached hydrogens (tertiary/aromatic N) is 1. The van der Waals surface area contributed by atoms with Gasteiger partial charge in [0.25, 0.3) is 0 Å². The topological polar surface area (TPSA) is 47.9 Å². The Balaban J connectivity index is 2.15. The molecule has 3 rings (SSSR count). The average Bonchev–Trinajstić information content (AvgIpc) is 3.11. The first-order valence-corrected chi connectivity index (χ1v) is 5.44. The maximum Gasteiger partial charge on any atom is 0.235 e. The molecule has 0 atom stereocenters. The molecule has 0 amide bonds. The van der Waals surface area contributed by atoms with Crippen LogP contribution in [0.1, 0.15) is 18.4 Å². The van der Waals surface area contributed by atoms with E-state index in [1.54, 1.807) is 12.1 Å². The Bertz CT molecular complexity index is 519. The minimum atomic E-state index is -0.569. The molecule has 0 N–H and O–H groups in total. The Morgan fingerprint density at radius 2 is 1.94 bits per heavy atom. The second kappa shape index (κ2) is 3.57. The van der Waals surface area contributed by atoms with E-state index in [0.717, 1.165) is 18.4 Å². The predicted octanol–water partition coefficient (Wildman–Crippen LogP) is 1.92. The standard InChI is InChI=1S/C12H10FNO3/c13-9-2-1-8(12(3-4-12)14-7-15)10-11(9)17-6-5-16-10/h1-2H,3-6H2. The number of rotatable bonds is 2. The fourth-order valence-corrected chi connectivity index (χ4v) is 2.12. The van der Waals surface area contributed by atoms with Crippen LogP contribution in [-0.2, 0) is 10.3 Å². The third-order valence-electron chi connectivity index (χ3n) is 3.12. The van der Waals surface area contributed by atoms with Gasteiger partial charge in [-0.1, -0.05) is 0 Å². The largest absolute Gasteiger partial charge is 0.486 e. The molecule has 0 unspecified atom stereocenters. The number of carbonyl (C=O) groups excluding carboxylic acids is 1. The molecule has 0 saturated heterocycles. The highest BCUT2D eigenvalue weighted by Crippen LogP contribution is 2.54. The lowest BCUT2D eigenvalue weighted by Crippen LogP contribution is -2.19. The zero-order valence-electron chi connectivity index (χ0n) is 9.03. The van der Waals surface area contributed by atoms with Crippen LogP contribution in [0.2, 0.25) is 0 Å². The molecule has 0 radical (unpaired) electrons. The number of hydrogen-bond acceptors (Lipinski definition) is 4. The van der Waals surface area contributed by atoms with Crippen molar-refractivity contribution in [3.63, 3.8) is 0 Å². The number of halogens is 1. The Morgan fingerprint density at radius 1 is 1.24 bits per heavy atom. The van der Waals surface area contributed by atoms with Gasteiger partial charge in [0.15, 0.2) is 17.3 Å². The van der Waals surface area contributed by atoms with Crippen molar-refractivity contribution in [2.75, 3.05) is 13.2 Å². The van der Waals surface area contributed by atoms with E-state index < -0.39 is 11.4 Å². The minimum Gasteiger partial charge on any atom is -0.486 e. The van der Waals surface area contributed by atoms with E-state index in [1.165, 1.54) is 6.07 Å². The molecule has 1 saturated carbocycles. The highest BCUT2D eigenvalue weighted by molar-refractivity contribution is 5.55. The summed E-state index contributed by atoms with van der Waals surface area (Å²) in [4.78, 5) is 14.2. The lowest BCUT2D eigenvalue weighted by molar-refractivity contribution is 0.161. The van der Waals surface area contributed by atoms with Crippen molar-refractivity contribution < 1.29 is 18.7 Å². The van der Waals surface area contributed by atoms with Crippen molar-refractivity contribution >= 4 is 6.08 Å². The van der Waals surface area contributed by atoms with Gasteiger partial charge in [-0.25, -0.2) is 9.18 Å². The molecule has 1 aromatic rings. The van der Waals surface area contributed by atoms with Gasteiger partial charge in [-0.3, -0.25) is 0 Å². The van der Waals surface area contributed by atoms with Gasteiger partial charge in [-0.2, -0.15) is 4.99 Å². The average molecular weight is 235 g/mol. The van der Waals surface area contributed by atoms with E-state index in [1.807, 2.05) is 0 Å². The minimum absolute atomic E-state index is 0.126. The van der Waals surface area contributed by atoms with Crippen LogP contribution in [0.25, 0.3) is 0 Å². The van der Waals surface area contributed by atoms with E-state index >= 15 is 0 Å². The number of benzene rings is 1. The molecule has 2 aliphatic rings. The highest BCUT2D eigenvalue weighted by atomic mass is 19.1. The summed E-state index contributed by atoms with van der Waals surface area (Å²) in [7, 11) is 0. The molecule has 0 spiro atoms. The van der Waals surface area contributed by atoms with Gasteiger partial charge in [-0.05, 0) is 25.0 Å². The molecule has 0 aromatic heterocycles. The van der Waals surface area contributed by atoms with E-state index in [9.17, 15) is 9.18 Å². The van der Waals surface area contributed by atoms with E-state index in [0.29, 0.717) is 19.0 Å². The lowest BCUT2D eigenvalue weighted by Gasteiger charge is -2.23. The first kappa shape index (κ1) is 10.3.